The van der Waals surface area contributed by atoms with Crippen LogP contribution in [-0.4, -0.2) is 9.55 Å². The molecule has 0 N–H and O–H groups in total. The van der Waals surface area contributed by atoms with Crippen LogP contribution in [0.3, 0.4) is 0 Å². The molecule has 0 aliphatic carbocycles. The Bertz CT molecular complexity index is 3270. The first-order chi connectivity index (χ1) is 25.2. The summed E-state index contributed by atoms with van der Waals surface area (Å²) in [6.07, 6.45) is 0. The fraction of sp³-hybridized carbons (Fsp3) is 0. The summed E-state index contributed by atoms with van der Waals surface area (Å²) in [5, 5.41) is 7.19. The van der Waals surface area contributed by atoms with Crippen molar-refractivity contribution in [1.29, 1.82) is 0 Å². The summed E-state index contributed by atoms with van der Waals surface area (Å²) in [6, 6.07) is 52.1. The normalized spacial score (nSPS) is 11.9. The lowest BCUT2D eigenvalue weighted by molar-refractivity contribution is 0.666. The number of hydrogen-bond acceptors (Lipinski definition) is 3. The van der Waals surface area contributed by atoms with Crippen LogP contribution in [0.1, 0.15) is 0 Å². The van der Waals surface area contributed by atoms with Crippen LogP contribution >= 0.6 is 0 Å². The average molecular weight is 652 g/mol. The molecular weight excluding hydrogens is 627 g/mol. The smallest absolute Gasteiger partial charge is 0.188 e. The maximum atomic E-state index is 7.69. The molecule has 5 heteroatoms. The number of fused-ring (bicyclic) bond motifs is 11. The van der Waals surface area contributed by atoms with Gasteiger partial charge in [0.2, 0.25) is 0 Å². The summed E-state index contributed by atoms with van der Waals surface area (Å²) in [7, 11) is 0. The molecule has 4 aromatic heterocycles. The number of aromatic nitrogens is 2. The lowest BCUT2D eigenvalue weighted by Gasteiger charge is -2.10. The second kappa shape index (κ2) is 10.4. The van der Waals surface area contributed by atoms with Gasteiger partial charge in [-0.3, -0.25) is 0 Å². The molecule has 5 nitrogen and oxygen atoms in total. The molecule has 236 valence electrons. The van der Waals surface area contributed by atoms with Crippen LogP contribution in [0, 0.1) is 6.57 Å². The van der Waals surface area contributed by atoms with E-state index in [9.17, 15) is 0 Å². The van der Waals surface area contributed by atoms with Crippen LogP contribution in [0.5, 0.6) is 0 Å². The molecule has 0 aliphatic rings. The highest BCUT2D eigenvalue weighted by Crippen LogP contribution is 2.43. The van der Waals surface area contributed by atoms with Crippen molar-refractivity contribution < 1.29 is 8.83 Å². The molecule has 0 fully saturated rings. The molecule has 0 spiro atoms. The van der Waals surface area contributed by atoms with Crippen LogP contribution in [0.2, 0.25) is 0 Å². The van der Waals surface area contributed by atoms with E-state index in [-0.39, 0.29) is 0 Å². The third kappa shape index (κ3) is 4.05. The molecule has 11 aromatic rings. The standard InChI is InChI=1S/C46H25N3O2/c1-47-30-19-21-40-35(24-30)34-23-28(18-20-39(34)49(40)31-12-3-2-4-13-31)27-10-9-11-29(22-27)45-44-33-15-6-8-17-42(33)51-46(44)37-26-43-36(25-38(37)48-45)32-14-5-7-16-41(32)50-43/h2-26H. The second-order valence-corrected chi connectivity index (χ2v) is 13.0. The third-order valence-corrected chi connectivity index (χ3v) is 10.2. The summed E-state index contributed by atoms with van der Waals surface area (Å²) in [5.41, 5.74) is 12.1. The first-order valence-electron chi connectivity index (χ1n) is 16.9. The lowest BCUT2D eigenvalue weighted by atomic mass is 9.97. The largest absolute Gasteiger partial charge is 0.456 e. The Hall–Kier alpha value is -7.16. The van der Waals surface area contributed by atoms with Crippen molar-refractivity contribution in [2.45, 2.75) is 0 Å². The maximum Gasteiger partial charge on any atom is 0.188 e. The van der Waals surface area contributed by atoms with E-state index >= 15 is 0 Å². The fourth-order valence-electron chi connectivity index (χ4n) is 7.85. The van der Waals surface area contributed by atoms with Crippen molar-refractivity contribution >= 4 is 82.3 Å². The monoisotopic (exact) mass is 651 g/mol. The predicted octanol–water partition coefficient (Wildman–Crippen LogP) is 13.0. The molecular formula is C46H25N3O2. The Morgan fingerprint density at radius 2 is 1.20 bits per heavy atom. The molecule has 0 bridgehead atoms. The van der Waals surface area contributed by atoms with Gasteiger partial charge in [0.15, 0.2) is 5.69 Å². The van der Waals surface area contributed by atoms with Gasteiger partial charge < -0.3 is 13.4 Å². The van der Waals surface area contributed by atoms with Gasteiger partial charge >= 0.3 is 0 Å². The zero-order valence-corrected chi connectivity index (χ0v) is 27.1. The van der Waals surface area contributed by atoms with Gasteiger partial charge in [-0.1, -0.05) is 84.9 Å². The quantitative estimate of drug-likeness (QED) is 0.179. The summed E-state index contributed by atoms with van der Waals surface area (Å²) < 4.78 is 15.2. The minimum Gasteiger partial charge on any atom is -0.456 e. The van der Waals surface area contributed by atoms with Crippen LogP contribution in [-0.2, 0) is 0 Å². The molecule has 51 heavy (non-hydrogen) atoms. The summed E-state index contributed by atoms with van der Waals surface area (Å²) in [4.78, 5) is 9.13. The van der Waals surface area contributed by atoms with E-state index in [0.29, 0.717) is 5.69 Å². The molecule has 0 amide bonds. The first kappa shape index (κ1) is 27.8. The molecule has 0 atom stereocenters. The van der Waals surface area contributed by atoms with E-state index in [0.717, 1.165) is 105 Å². The number of benzene rings is 7. The van der Waals surface area contributed by atoms with Crippen LogP contribution in [0.25, 0.3) is 110 Å². The van der Waals surface area contributed by atoms with Crippen molar-refractivity contribution in [2.75, 3.05) is 0 Å². The molecule has 0 radical (unpaired) electrons. The molecule has 4 heterocycles. The molecule has 0 saturated heterocycles. The highest BCUT2D eigenvalue weighted by atomic mass is 16.3. The zero-order valence-electron chi connectivity index (χ0n) is 27.1. The lowest BCUT2D eigenvalue weighted by Crippen LogP contribution is -1.93. The van der Waals surface area contributed by atoms with Gasteiger partial charge in [0.1, 0.15) is 22.3 Å². The van der Waals surface area contributed by atoms with Gasteiger partial charge in [0.25, 0.3) is 0 Å². The van der Waals surface area contributed by atoms with Gasteiger partial charge in [0, 0.05) is 38.2 Å². The number of para-hydroxylation sites is 3. The average Bonchev–Trinajstić information content (AvgIpc) is 3.86. The van der Waals surface area contributed by atoms with Gasteiger partial charge in [-0.15, -0.1) is 0 Å². The third-order valence-electron chi connectivity index (χ3n) is 10.2. The van der Waals surface area contributed by atoms with Crippen LogP contribution in [0.15, 0.2) is 160 Å². The van der Waals surface area contributed by atoms with Crippen molar-refractivity contribution in [2.24, 2.45) is 0 Å². The number of nitrogens with zero attached hydrogens (tertiary/aromatic N) is 3. The SMILES string of the molecule is [C-]#[N+]c1ccc2c(c1)c1cc(-c3cccc(-c4nc5cc6c(cc5c5oc7ccccc7c45)oc4ccccc46)c3)ccc1n2-c1ccccc1. The Morgan fingerprint density at radius 1 is 0.490 bits per heavy atom. The van der Waals surface area contributed by atoms with E-state index in [4.69, 9.17) is 20.4 Å². The molecule has 0 aliphatic heterocycles. The first-order valence-corrected chi connectivity index (χ1v) is 16.9. The van der Waals surface area contributed by atoms with Crippen molar-refractivity contribution in [3.8, 4) is 28.1 Å². The number of rotatable bonds is 3. The Balaban J connectivity index is 1.15. The molecule has 0 saturated carbocycles. The van der Waals surface area contributed by atoms with Gasteiger partial charge in [-0.05, 0) is 83.2 Å². The van der Waals surface area contributed by atoms with E-state index < -0.39 is 0 Å². The van der Waals surface area contributed by atoms with E-state index in [1.54, 1.807) is 0 Å². The van der Waals surface area contributed by atoms with E-state index in [1.165, 1.54) is 0 Å². The van der Waals surface area contributed by atoms with Crippen molar-refractivity contribution in [3.63, 3.8) is 0 Å². The molecule has 11 rings (SSSR count). The van der Waals surface area contributed by atoms with Crippen LogP contribution in [0.4, 0.5) is 5.69 Å². The van der Waals surface area contributed by atoms with Gasteiger partial charge in [0.05, 0.1) is 34.2 Å². The summed E-state index contributed by atoms with van der Waals surface area (Å²) in [5.74, 6) is 0. The maximum absolute atomic E-state index is 7.69. The van der Waals surface area contributed by atoms with Gasteiger partial charge in [-0.2, -0.15) is 0 Å². The summed E-state index contributed by atoms with van der Waals surface area (Å²) >= 11 is 0. The Labute approximate surface area is 291 Å². The number of furan rings is 2. The van der Waals surface area contributed by atoms with Gasteiger partial charge in [-0.25, -0.2) is 9.83 Å². The highest BCUT2D eigenvalue weighted by Gasteiger charge is 2.20. The van der Waals surface area contributed by atoms with Crippen molar-refractivity contribution in [1.82, 2.24) is 9.55 Å². The predicted molar refractivity (Wildman–Crippen MR) is 208 cm³/mol. The minimum atomic E-state index is 0.626. The summed E-state index contributed by atoms with van der Waals surface area (Å²) in [6.45, 7) is 7.69. The van der Waals surface area contributed by atoms with E-state index in [1.807, 2.05) is 54.6 Å². The zero-order chi connectivity index (χ0) is 33.6. The Morgan fingerprint density at radius 3 is 2.04 bits per heavy atom. The van der Waals surface area contributed by atoms with E-state index in [2.05, 4.69) is 106 Å². The van der Waals surface area contributed by atoms with Crippen molar-refractivity contribution in [3.05, 3.63) is 163 Å². The highest BCUT2D eigenvalue weighted by molar-refractivity contribution is 6.22. The molecule has 0 unspecified atom stereocenters. The Kier molecular flexibility index (Phi) is 5.67. The fourth-order valence-corrected chi connectivity index (χ4v) is 7.85. The molecule has 7 aromatic carbocycles. The van der Waals surface area contributed by atoms with Crippen LogP contribution < -0.4 is 0 Å². The second-order valence-electron chi connectivity index (χ2n) is 13.0. The minimum absolute atomic E-state index is 0.626. The number of pyridine rings is 1. The topological polar surface area (TPSA) is 48.5 Å². The number of hydrogen-bond donors (Lipinski definition) is 0.